The molecule has 0 fully saturated rings. The fourth-order valence-electron chi connectivity index (χ4n) is 0.772. The van der Waals surface area contributed by atoms with Gasteiger partial charge in [0.05, 0.1) is 12.4 Å². The number of halogens is 6. The molecular weight excluding hydrogens is 465 g/mol. The third-order valence-electron chi connectivity index (χ3n) is 1.63. The quantitative estimate of drug-likeness (QED) is 0.224. The highest BCUT2D eigenvalue weighted by Crippen LogP contribution is 2.01. The first-order valence-electron chi connectivity index (χ1n) is 6.70. The number of alkyl halides is 3. The van der Waals surface area contributed by atoms with Crippen LogP contribution in [0.15, 0.2) is 0 Å². The van der Waals surface area contributed by atoms with Crippen molar-refractivity contribution in [2.24, 2.45) is 0 Å². The minimum absolute atomic E-state index is 0.0473. The Morgan fingerprint density at radius 1 is 0.792 bits per heavy atom. The average molecular weight is 485 g/mol. The third-order valence-corrected chi connectivity index (χ3v) is 4.01. The fraction of sp³-hybridized carbons (Fsp3) is 0.769. The Kier molecular flexibility index (Phi) is 32.7. The smallest absolute Gasteiger partial charge is 0.247 e. The molecule has 24 heavy (non-hydrogen) atoms. The topological polar surface area (TPSA) is 60.4 Å². The van der Waals surface area contributed by atoms with Gasteiger partial charge in [0.1, 0.15) is 6.61 Å². The molecule has 0 rings (SSSR count). The number of hydrogen-bond acceptors (Lipinski definition) is 5. The third kappa shape index (κ3) is 43.5. The number of carbonyl (C=O) groups excluding carboxylic acids is 3. The Morgan fingerprint density at radius 3 is 1.79 bits per heavy atom. The molecule has 11 heteroatoms. The summed E-state index contributed by atoms with van der Waals surface area (Å²) in [7, 11) is 0. The lowest BCUT2D eigenvalue weighted by Gasteiger charge is -1.92. The second kappa shape index (κ2) is 26.3. The van der Waals surface area contributed by atoms with Crippen molar-refractivity contribution in [1.29, 1.82) is 0 Å². The van der Waals surface area contributed by atoms with Crippen LogP contribution in [0.25, 0.3) is 0 Å². The van der Waals surface area contributed by atoms with Gasteiger partial charge >= 0.3 is 0 Å². The molecule has 4 nitrogen and oxygen atoms in total. The number of ether oxygens (including phenoxy) is 1. The summed E-state index contributed by atoms with van der Waals surface area (Å²) in [5, 5.41) is -1.06. The Hall–Kier alpha value is 1.06. The first-order chi connectivity index (χ1) is 11.3. The maximum absolute atomic E-state index is 10.0. The molecule has 0 heterocycles. The number of rotatable bonds is 12. The van der Waals surface area contributed by atoms with Gasteiger partial charge in [-0.3, -0.25) is 14.4 Å². The first-order valence-corrected chi connectivity index (χ1v) is 10.6. The van der Waals surface area contributed by atoms with E-state index in [1.54, 1.807) is 0 Å². The molecule has 0 unspecified atom stereocenters. The van der Waals surface area contributed by atoms with Crippen molar-refractivity contribution < 1.29 is 19.1 Å². The highest BCUT2D eigenvalue weighted by atomic mass is 35.5. The normalized spacial score (nSPS) is 9.25. The predicted molar refractivity (Wildman–Crippen MR) is 107 cm³/mol. The minimum Gasteiger partial charge on any atom is -0.371 e. The standard InChI is InChI=1S/C5H8Cl2O.C4H6Cl2O2.C4H6Cl2OS/c6-4-2-1-3-5(7)8;2*5-1-2-8-3-4(6)7/h1-4H2;2*1-3H2. The summed E-state index contributed by atoms with van der Waals surface area (Å²) in [4.78, 5) is 30.0. The average Bonchev–Trinajstić information content (AvgIpc) is 2.48. The molecule has 0 atom stereocenters. The minimum atomic E-state index is -0.491. The van der Waals surface area contributed by atoms with Gasteiger partial charge in [-0.2, -0.15) is 11.8 Å². The van der Waals surface area contributed by atoms with Gasteiger partial charge in [-0.15, -0.1) is 34.8 Å². The molecule has 0 N–H and O–H groups in total. The van der Waals surface area contributed by atoms with E-state index in [2.05, 4.69) is 4.74 Å². The summed E-state index contributed by atoms with van der Waals surface area (Å²) >= 11 is 32.2. The number of thioether (sulfide) groups is 1. The van der Waals surface area contributed by atoms with Crippen molar-refractivity contribution in [2.75, 3.05) is 42.4 Å². The summed E-state index contributed by atoms with van der Waals surface area (Å²) in [6, 6.07) is 0. The van der Waals surface area contributed by atoms with E-state index in [0.29, 0.717) is 36.4 Å². The lowest BCUT2D eigenvalue weighted by Crippen LogP contribution is -2.03. The van der Waals surface area contributed by atoms with Crippen molar-refractivity contribution in [3.8, 4) is 0 Å². The van der Waals surface area contributed by atoms with Crippen LogP contribution in [0.1, 0.15) is 19.3 Å². The molecule has 0 aliphatic rings. The molecule has 0 spiro atoms. The van der Waals surface area contributed by atoms with Crippen molar-refractivity contribution in [3.63, 3.8) is 0 Å². The zero-order valence-electron chi connectivity index (χ0n) is 12.9. The van der Waals surface area contributed by atoms with Crippen LogP contribution in [-0.4, -0.2) is 58.1 Å². The summed E-state index contributed by atoms with van der Waals surface area (Å²) in [6.07, 6.45) is 2.14. The maximum atomic E-state index is 10.0. The monoisotopic (exact) mass is 482 g/mol. The molecular formula is C13H20Cl6O4S. The van der Waals surface area contributed by atoms with Crippen molar-refractivity contribution in [2.45, 2.75) is 19.3 Å². The molecule has 0 aromatic rings. The second-order valence-corrected chi connectivity index (χ2v) is 7.20. The second-order valence-electron chi connectivity index (χ2n) is 3.69. The summed E-state index contributed by atoms with van der Waals surface area (Å²) < 4.78 is 4.63. The number of hydrogen-bond donors (Lipinski definition) is 0. The summed E-state index contributed by atoms with van der Waals surface area (Å²) in [5.41, 5.74) is 0. The van der Waals surface area contributed by atoms with Gasteiger partial charge in [0, 0.05) is 29.8 Å². The van der Waals surface area contributed by atoms with Crippen LogP contribution < -0.4 is 0 Å². The van der Waals surface area contributed by atoms with Crippen molar-refractivity contribution in [1.82, 2.24) is 0 Å². The van der Waals surface area contributed by atoms with E-state index >= 15 is 0 Å². The van der Waals surface area contributed by atoms with Crippen LogP contribution in [0, 0.1) is 0 Å². The van der Waals surface area contributed by atoms with Gasteiger partial charge in [-0.25, -0.2) is 0 Å². The van der Waals surface area contributed by atoms with E-state index in [1.807, 2.05) is 0 Å². The van der Waals surface area contributed by atoms with E-state index in [0.717, 1.165) is 18.6 Å². The molecule has 0 aliphatic carbocycles. The lowest BCUT2D eigenvalue weighted by molar-refractivity contribution is -0.115. The van der Waals surface area contributed by atoms with E-state index in [-0.39, 0.29) is 17.1 Å². The van der Waals surface area contributed by atoms with Gasteiger partial charge < -0.3 is 4.74 Å². The van der Waals surface area contributed by atoms with Crippen LogP contribution >= 0.6 is 81.4 Å². The first kappa shape index (κ1) is 29.8. The van der Waals surface area contributed by atoms with Gasteiger partial charge in [-0.1, -0.05) is 0 Å². The predicted octanol–water partition coefficient (Wildman–Crippen LogP) is 4.89. The van der Waals surface area contributed by atoms with E-state index < -0.39 is 5.24 Å². The van der Waals surface area contributed by atoms with Crippen molar-refractivity contribution in [3.05, 3.63) is 0 Å². The summed E-state index contributed by atoms with van der Waals surface area (Å²) in [6.45, 7) is 0.328. The van der Waals surface area contributed by atoms with Crippen LogP contribution in [-0.2, 0) is 19.1 Å². The Labute approximate surface area is 177 Å². The van der Waals surface area contributed by atoms with Gasteiger partial charge in [0.2, 0.25) is 15.7 Å². The van der Waals surface area contributed by atoms with Gasteiger partial charge in [0.25, 0.3) is 0 Å². The Morgan fingerprint density at radius 2 is 1.42 bits per heavy atom. The highest BCUT2D eigenvalue weighted by molar-refractivity contribution is 8.00. The van der Waals surface area contributed by atoms with E-state index in [4.69, 9.17) is 69.6 Å². The Bertz CT molecular complexity index is 273. The van der Waals surface area contributed by atoms with Crippen LogP contribution in [0.3, 0.4) is 0 Å². The molecule has 0 amide bonds. The SMILES string of the molecule is O=C(Cl)CCCCCl.O=C(Cl)COCCCl.O=C(Cl)CSCCCl. The molecule has 0 bridgehead atoms. The molecule has 144 valence electrons. The fourth-order valence-corrected chi connectivity index (χ4v) is 2.25. The summed E-state index contributed by atoms with van der Waals surface area (Å²) in [5.74, 6) is 2.75. The van der Waals surface area contributed by atoms with E-state index in [1.165, 1.54) is 11.8 Å². The largest absolute Gasteiger partial charge is 0.371 e. The lowest BCUT2D eigenvalue weighted by atomic mass is 10.3. The Balaban J connectivity index is -0.000000276. The highest BCUT2D eigenvalue weighted by Gasteiger charge is 1.94. The maximum Gasteiger partial charge on any atom is 0.247 e. The van der Waals surface area contributed by atoms with Crippen LogP contribution in [0.5, 0.6) is 0 Å². The van der Waals surface area contributed by atoms with Gasteiger partial charge in [0.15, 0.2) is 0 Å². The molecule has 0 aromatic heterocycles. The number of unbranched alkanes of at least 4 members (excludes halogenated alkanes) is 1. The van der Waals surface area contributed by atoms with E-state index in [9.17, 15) is 14.4 Å². The van der Waals surface area contributed by atoms with Crippen molar-refractivity contribution >= 4 is 97.1 Å². The molecule has 0 saturated carbocycles. The molecule has 0 aliphatic heterocycles. The number of carbonyl (C=O) groups is 3. The molecule has 0 saturated heterocycles. The van der Waals surface area contributed by atoms with Gasteiger partial charge in [-0.05, 0) is 47.6 Å². The van der Waals surface area contributed by atoms with Crippen LogP contribution in [0.2, 0.25) is 0 Å². The molecule has 0 aromatic carbocycles. The zero-order chi connectivity index (χ0) is 19.2. The molecule has 0 radical (unpaired) electrons. The zero-order valence-corrected chi connectivity index (χ0v) is 18.2. The van der Waals surface area contributed by atoms with Crippen LogP contribution in [0.4, 0.5) is 0 Å².